The van der Waals surface area contributed by atoms with E-state index in [1.54, 1.807) is 0 Å². The minimum absolute atomic E-state index is 0.132. The zero-order chi connectivity index (χ0) is 11.6. The number of fused-ring (bicyclic) bond motifs is 1. The molecule has 0 bridgehead atoms. The fourth-order valence-electron chi connectivity index (χ4n) is 1.36. The minimum atomic E-state index is -3.46. The Bertz CT molecular complexity index is 468. The molecule has 1 aliphatic rings. The molecule has 1 atom stereocenters. The Morgan fingerprint density at radius 2 is 2.19 bits per heavy atom. The van der Waals surface area contributed by atoms with E-state index in [2.05, 4.69) is 4.18 Å². The zero-order valence-electron chi connectivity index (χ0n) is 8.75. The van der Waals surface area contributed by atoms with Crippen LogP contribution in [0, 0.1) is 0 Å². The summed E-state index contributed by atoms with van der Waals surface area (Å²) in [5.41, 5.74) is 0.943. The highest BCUT2D eigenvalue weighted by molar-refractivity contribution is 7.85. The molecule has 1 unspecified atom stereocenters. The number of hydrogen-bond donors (Lipinski definition) is 0. The second kappa shape index (κ2) is 4.40. The van der Waals surface area contributed by atoms with Gasteiger partial charge >= 0.3 is 0 Å². The lowest BCUT2D eigenvalue weighted by Gasteiger charge is -2.25. The van der Waals surface area contributed by atoms with Crippen molar-refractivity contribution in [3.8, 4) is 5.75 Å². The molecule has 1 heterocycles. The lowest BCUT2D eigenvalue weighted by Crippen LogP contribution is -2.31. The summed E-state index contributed by atoms with van der Waals surface area (Å²) in [6.07, 6.45) is 0.314. The molecule has 0 saturated carbocycles. The molecule has 88 valence electrons. The van der Waals surface area contributed by atoms with Gasteiger partial charge < -0.3 is 9.47 Å². The summed E-state index contributed by atoms with van der Waals surface area (Å²) in [5, 5.41) is 0. The van der Waals surface area contributed by atoms with E-state index >= 15 is 0 Å². The predicted octanol–water partition coefficient (Wildman–Crippen LogP) is 0.898. The van der Waals surface area contributed by atoms with Crippen molar-refractivity contribution < 1.29 is 22.1 Å². The monoisotopic (exact) mass is 244 g/mol. The van der Waals surface area contributed by atoms with Crippen molar-refractivity contribution in [3.05, 3.63) is 29.8 Å². The predicted molar refractivity (Wildman–Crippen MR) is 56.4 cm³/mol. The molecule has 0 N–H and O–H groups in total. The SMILES string of the molecule is CS(=O)(=O)OCC1OCc2ccccc2O1. The van der Waals surface area contributed by atoms with Crippen molar-refractivity contribution in [2.24, 2.45) is 0 Å². The lowest BCUT2D eigenvalue weighted by atomic mass is 10.2. The molecule has 1 aliphatic heterocycles. The number of benzene rings is 1. The molecule has 0 saturated heterocycles. The van der Waals surface area contributed by atoms with E-state index in [1.807, 2.05) is 24.3 Å². The fraction of sp³-hybridized carbons (Fsp3) is 0.400. The van der Waals surface area contributed by atoms with Crippen molar-refractivity contribution in [1.82, 2.24) is 0 Å². The second-order valence-electron chi connectivity index (χ2n) is 3.45. The van der Waals surface area contributed by atoms with Crippen LogP contribution in [0.3, 0.4) is 0 Å². The third-order valence-electron chi connectivity index (χ3n) is 2.07. The second-order valence-corrected chi connectivity index (χ2v) is 5.10. The van der Waals surface area contributed by atoms with Gasteiger partial charge in [-0.3, -0.25) is 4.18 Å². The van der Waals surface area contributed by atoms with Crippen molar-refractivity contribution in [2.45, 2.75) is 12.9 Å². The summed E-state index contributed by atoms with van der Waals surface area (Å²) >= 11 is 0. The molecular weight excluding hydrogens is 232 g/mol. The molecular formula is C10H12O5S. The molecule has 5 nitrogen and oxygen atoms in total. The van der Waals surface area contributed by atoms with Gasteiger partial charge in [-0.15, -0.1) is 0 Å². The van der Waals surface area contributed by atoms with Crippen molar-refractivity contribution in [1.29, 1.82) is 0 Å². The molecule has 1 aromatic carbocycles. The van der Waals surface area contributed by atoms with Gasteiger partial charge in [0.2, 0.25) is 6.29 Å². The molecule has 0 spiro atoms. The first-order valence-corrected chi connectivity index (χ1v) is 6.57. The van der Waals surface area contributed by atoms with E-state index in [0.717, 1.165) is 11.8 Å². The van der Waals surface area contributed by atoms with Crippen LogP contribution >= 0.6 is 0 Å². The van der Waals surface area contributed by atoms with E-state index in [0.29, 0.717) is 12.4 Å². The molecule has 0 aliphatic carbocycles. The molecule has 2 rings (SSSR count). The highest BCUT2D eigenvalue weighted by atomic mass is 32.2. The van der Waals surface area contributed by atoms with Crippen LogP contribution in [-0.2, 0) is 25.6 Å². The molecule has 0 fully saturated rings. The maximum Gasteiger partial charge on any atom is 0.264 e. The van der Waals surface area contributed by atoms with Gasteiger partial charge in [0.1, 0.15) is 12.4 Å². The fourth-order valence-corrected chi connectivity index (χ4v) is 1.72. The summed E-state index contributed by atoms with van der Waals surface area (Å²) in [5.74, 6) is 0.704. The number of ether oxygens (including phenoxy) is 2. The van der Waals surface area contributed by atoms with Crippen molar-refractivity contribution in [3.63, 3.8) is 0 Å². The summed E-state index contributed by atoms with van der Waals surface area (Å²) in [7, 11) is -3.46. The normalized spacial score (nSPS) is 19.9. The van der Waals surface area contributed by atoms with Crippen LogP contribution in [0.15, 0.2) is 24.3 Å². The summed E-state index contributed by atoms with van der Waals surface area (Å²) in [6.45, 7) is 0.265. The van der Waals surface area contributed by atoms with Gasteiger partial charge in [-0.25, -0.2) is 0 Å². The smallest absolute Gasteiger partial charge is 0.264 e. The van der Waals surface area contributed by atoms with Gasteiger partial charge in [0, 0.05) is 5.56 Å². The first kappa shape index (κ1) is 11.4. The molecule has 6 heteroatoms. The Hall–Kier alpha value is -1.11. The maximum atomic E-state index is 10.8. The Balaban J connectivity index is 1.98. The highest BCUT2D eigenvalue weighted by Crippen LogP contribution is 2.25. The van der Waals surface area contributed by atoms with E-state index in [4.69, 9.17) is 9.47 Å². The molecule has 16 heavy (non-hydrogen) atoms. The van der Waals surface area contributed by atoms with Crippen LogP contribution in [0.5, 0.6) is 5.75 Å². The van der Waals surface area contributed by atoms with Gasteiger partial charge in [-0.05, 0) is 6.07 Å². The maximum absolute atomic E-state index is 10.8. The number of hydrogen-bond acceptors (Lipinski definition) is 5. The topological polar surface area (TPSA) is 61.8 Å². The Kier molecular flexibility index (Phi) is 3.13. The van der Waals surface area contributed by atoms with Gasteiger partial charge in [0.05, 0.1) is 12.9 Å². The van der Waals surface area contributed by atoms with Gasteiger partial charge in [-0.2, -0.15) is 8.42 Å². The van der Waals surface area contributed by atoms with E-state index < -0.39 is 16.4 Å². The third-order valence-corrected chi connectivity index (χ3v) is 2.64. The van der Waals surface area contributed by atoms with E-state index in [-0.39, 0.29) is 6.61 Å². The van der Waals surface area contributed by atoms with Crippen molar-refractivity contribution in [2.75, 3.05) is 12.9 Å². The number of rotatable bonds is 3. The molecule has 0 radical (unpaired) electrons. The largest absolute Gasteiger partial charge is 0.462 e. The summed E-state index contributed by atoms with van der Waals surface area (Å²) in [6, 6.07) is 7.44. The van der Waals surface area contributed by atoms with Crippen molar-refractivity contribution >= 4 is 10.1 Å². The standard InChI is InChI=1S/C10H12O5S/c1-16(11,12)14-7-10-13-6-8-4-2-3-5-9(8)15-10/h2-5,10H,6-7H2,1H3. The molecule has 0 amide bonds. The lowest BCUT2D eigenvalue weighted by molar-refractivity contribution is -0.125. The van der Waals surface area contributed by atoms with Gasteiger partial charge in [0.15, 0.2) is 0 Å². The number of para-hydroxylation sites is 1. The molecule has 1 aromatic rings. The van der Waals surface area contributed by atoms with Crippen LogP contribution in [0.25, 0.3) is 0 Å². The van der Waals surface area contributed by atoms with Crippen LogP contribution in [-0.4, -0.2) is 27.6 Å². The van der Waals surface area contributed by atoms with Crippen LogP contribution in [0.4, 0.5) is 0 Å². The Labute approximate surface area is 94.1 Å². The third kappa shape index (κ3) is 2.94. The zero-order valence-corrected chi connectivity index (χ0v) is 9.57. The highest BCUT2D eigenvalue weighted by Gasteiger charge is 2.21. The van der Waals surface area contributed by atoms with Crippen LogP contribution in [0.2, 0.25) is 0 Å². The quantitative estimate of drug-likeness (QED) is 0.739. The summed E-state index contributed by atoms with van der Waals surface area (Å²) < 4.78 is 36.9. The van der Waals surface area contributed by atoms with Gasteiger partial charge in [-0.1, -0.05) is 18.2 Å². The average molecular weight is 244 g/mol. The first-order valence-electron chi connectivity index (χ1n) is 4.75. The van der Waals surface area contributed by atoms with Crippen LogP contribution < -0.4 is 4.74 Å². The Morgan fingerprint density at radius 3 is 2.94 bits per heavy atom. The molecule has 0 aromatic heterocycles. The van der Waals surface area contributed by atoms with Gasteiger partial charge in [0.25, 0.3) is 10.1 Å². The Morgan fingerprint density at radius 1 is 1.44 bits per heavy atom. The van der Waals surface area contributed by atoms with E-state index in [1.165, 1.54) is 0 Å². The van der Waals surface area contributed by atoms with Crippen LogP contribution in [0.1, 0.15) is 5.56 Å². The first-order chi connectivity index (χ1) is 7.54. The minimum Gasteiger partial charge on any atom is -0.462 e. The average Bonchev–Trinajstić information content (AvgIpc) is 2.25. The van der Waals surface area contributed by atoms with E-state index in [9.17, 15) is 8.42 Å². The summed E-state index contributed by atoms with van der Waals surface area (Å²) in [4.78, 5) is 0.